The predicted molar refractivity (Wildman–Crippen MR) is 88.9 cm³/mol. The molecule has 1 aromatic rings. The average Bonchev–Trinajstić information content (AvgIpc) is 2.38. The van der Waals surface area contributed by atoms with Crippen molar-refractivity contribution in [1.29, 1.82) is 0 Å². The molecule has 1 aromatic carbocycles. The summed E-state index contributed by atoms with van der Waals surface area (Å²) >= 11 is 0. The molecule has 1 heterocycles. The van der Waals surface area contributed by atoms with Crippen LogP contribution in [0.5, 0.6) is 0 Å². The Morgan fingerprint density at radius 1 is 1.14 bits per heavy atom. The maximum atomic E-state index is 12.2. The molecule has 21 heavy (non-hydrogen) atoms. The lowest BCUT2D eigenvalue weighted by molar-refractivity contribution is -0.117. The predicted octanol–water partition coefficient (Wildman–Crippen LogP) is 2.81. The second kappa shape index (κ2) is 6.48. The molecule has 0 radical (unpaired) electrons. The molecule has 1 saturated heterocycles. The van der Waals surface area contributed by atoms with Crippen molar-refractivity contribution >= 4 is 17.3 Å². The summed E-state index contributed by atoms with van der Waals surface area (Å²) in [5.41, 5.74) is 2.07. The number of hydrogen-bond donors (Lipinski definition) is 1. The molecule has 0 bridgehead atoms. The number of amides is 1. The fraction of sp³-hybridized carbons (Fsp3) is 0.588. The van der Waals surface area contributed by atoms with Gasteiger partial charge in [0.1, 0.15) is 0 Å². The second-order valence-electron chi connectivity index (χ2n) is 7.09. The van der Waals surface area contributed by atoms with E-state index in [2.05, 4.69) is 49.0 Å². The van der Waals surface area contributed by atoms with E-state index in [-0.39, 0.29) is 11.3 Å². The minimum Gasteiger partial charge on any atom is -0.367 e. The minimum atomic E-state index is 0.00681. The number of nitrogens with one attached hydrogen (secondary N) is 1. The number of likely N-dealkylation sites (N-methyl/N-ethyl adjacent to an activating group) is 1. The normalized spacial score (nSPS) is 16.9. The highest BCUT2D eigenvalue weighted by atomic mass is 16.1. The largest absolute Gasteiger partial charge is 0.367 e. The van der Waals surface area contributed by atoms with Crippen molar-refractivity contribution in [2.45, 2.75) is 27.2 Å². The van der Waals surface area contributed by atoms with Crippen molar-refractivity contribution in [3.05, 3.63) is 24.3 Å². The Morgan fingerprint density at radius 2 is 1.76 bits per heavy atom. The lowest BCUT2D eigenvalue weighted by Gasteiger charge is -2.35. The standard InChI is InChI=1S/C17H27N3O/c1-17(2,3)13-16(21)18-14-7-5-6-8-15(14)20-11-9-19(4)10-12-20/h5-8H,9-13H2,1-4H3,(H,18,21). The maximum Gasteiger partial charge on any atom is 0.224 e. The highest BCUT2D eigenvalue weighted by Gasteiger charge is 2.20. The first-order valence-corrected chi connectivity index (χ1v) is 7.67. The lowest BCUT2D eigenvalue weighted by Crippen LogP contribution is -2.44. The van der Waals surface area contributed by atoms with Crippen LogP contribution in [0.15, 0.2) is 24.3 Å². The zero-order valence-corrected chi connectivity index (χ0v) is 13.6. The van der Waals surface area contributed by atoms with Crippen LogP contribution in [0, 0.1) is 5.41 Å². The number of hydrogen-bond acceptors (Lipinski definition) is 3. The molecular formula is C17H27N3O. The summed E-state index contributed by atoms with van der Waals surface area (Å²) < 4.78 is 0. The van der Waals surface area contributed by atoms with E-state index in [9.17, 15) is 4.79 Å². The molecule has 1 aliphatic rings. The van der Waals surface area contributed by atoms with Crippen LogP contribution in [0.25, 0.3) is 0 Å². The third kappa shape index (κ3) is 4.74. The number of nitrogens with zero attached hydrogens (tertiary/aromatic N) is 2. The van der Waals surface area contributed by atoms with Gasteiger partial charge < -0.3 is 15.1 Å². The van der Waals surface area contributed by atoms with Gasteiger partial charge in [0.25, 0.3) is 0 Å². The molecular weight excluding hydrogens is 262 g/mol. The summed E-state index contributed by atoms with van der Waals surface area (Å²) in [6, 6.07) is 8.10. The number of para-hydroxylation sites is 2. The van der Waals surface area contributed by atoms with E-state index in [4.69, 9.17) is 0 Å². The topological polar surface area (TPSA) is 35.6 Å². The third-order valence-electron chi connectivity index (χ3n) is 3.71. The quantitative estimate of drug-likeness (QED) is 0.929. The molecule has 1 fully saturated rings. The summed E-state index contributed by atoms with van der Waals surface area (Å²) in [6.07, 6.45) is 0.532. The Balaban J connectivity index is 2.08. The van der Waals surface area contributed by atoms with Gasteiger partial charge in [0.2, 0.25) is 5.91 Å². The van der Waals surface area contributed by atoms with Crippen LogP contribution in [0.1, 0.15) is 27.2 Å². The number of piperazine rings is 1. The van der Waals surface area contributed by atoms with Crippen LogP contribution in [0.3, 0.4) is 0 Å². The van der Waals surface area contributed by atoms with Gasteiger partial charge in [0.15, 0.2) is 0 Å². The lowest BCUT2D eigenvalue weighted by atomic mass is 9.92. The average molecular weight is 289 g/mol. The first-order chi connectivity index (χ1) is 9.85. The highest BCUT2D eigenvalue weighted by molar-refractivity contribution is 5.94. The minimum absolute atomic E-state index is 0.00681. The van der Waals surface area contributed by atoms with E-state index in [0.717, 1.165) is 37.6 Å². The second-order valence-corrected chi connectivity index (χ2v) is 7.09. The molecule has 0 aromatic heterocycles. The van der Waals surface area contributed by atoms with Crippen LogP contribution < -0.4 is 10.2 Å². The van der Waals surface area contributed by atoms with Gasteiger partial charge in [-0.3, -0.25) is 4.79 Å². The van der Waals surface area contributed by atoms with Crippen LogP contribution in [0.4, 0.5) is 11.4 Å². The van der Waals surface area contributed by atoms with Gasteiger partial charge in [0, 0.05) is 32.6 Å². The van der Waals surface area contributed by atoms with Crippen LogP contribution in [0.2, 0.25) is 0 Å². The fourth-order valence-electron chi connectivity index (χ4n) is 2.58. The van der Waals surface area contributed by atoms with Crippen LogP contribution in [-0.2, 0) is 4.79 Å². The summed E-state index contributed by atoms with van der Waals surface area (Å²) in [5, 5.41) is 3.08. The van der Waals surface area contributed by atoms with E-state index < -0.39 is 0 Å². The molecule has 116 valence electrons. The molecule has 0 saturated carbocycles. The summed E-state index contributed by atoms with van der Waals surface area (Å²) in [5.74, 6) is 0.0871. The SMILES string of the molecule is CN1CCN(c2ccccc2NC(=O)CC(C)(C)C)CC1. The van der Waals surface area contributed by atoms with Gasteiger partial charge in [-0.1, -0.05) is 32.9 Å². The van der Waals surface area contributed by atoms with Crippen molar-refractivity contribution in [2.75, 3.05) is 43.4 Å². The molecule has 4 nitrogen and oxygen atoms in total. The van der Waals surface area contributed by atoms with Crippen molar-refractivity contribution < 1.29 is 4.79 Å². The molecule has 2 rings (SSSR count). The summed E-state index contributed by atoms with van der Waals surface area (Å²) in [6.45, 7) is 10.4. The Hall–Kier alpha value is -1.55. The zero-order valence-electron chi connectivity index (χ0n) is 13.6. The van der Waals surface area contributed by atoms with Crippen molar-refractivity contribution in [3.63, 3.8) is 0 Å². The molecule has 0 unspecified atom stereocenters. The first kappa shape index (κ1) is 15.8. The van der Waals surface area contributed by atoms with Crippen LogP contribution >= 0.6 is 0 Å². The summed E-state index contributed by atoms with van der Waals surface area (Å²) in [7, 11) is 2.15. The van der Waals surface area contributed by atoms with Crippen LogP contribution in [-0.4, -0.2) is 44.0 Å². The number of carbonyl (C=O) groups excluding carboxylic acids is 1. The number of anilines is 2. The maximum absolute atomic E-state index is 12.2. The molecule has 4 heteroatoms. The Morgan fingerprint density at radius 3 is 2.38 bits per heavy atom. The van der Waals surface area contributed by atoms with E-state index in [0.29, 0.717) is 6.42 Å². The molecule has 0 spiro atoms. The van der Waals surface area contributed by atoms with Gasteiger partial charge in [0.05, 0.1) is 11.4 Å². The summed E-state index contributed by atoms with van der Waals surface area (Å²) in [4.78, 5) is 16.9. The molecule has 1 amide bonds. The first-order valence-electron chi connectivity index (χ1n) is 7.67. The number of rotatable bonds is 3. The van der Waals surface area contributed by atoms with Crippen molar-refractivity contribution in [3.8, 4) is 0 Å². The Labute approximate surface area is 128 Å². The highest BCUT2D eigenvalue weighted by Crippen LogP contribution is 2.27. The van der Waals surface area contributed by atoms with Crippen molar-refractivity contribution in [1.82, 2.24) is 4.90 Å². The third-order valence-corrected chi connectivity index (χ3v) is 3.71. The molecule has 1 N–H and O–H groups in total. The van der Waals surface area contributed by atoms with Crippen molar-refractivity contribution in [2.24, 2.45) is 5.41 Å². The number of carbonyl (C=O) groups is 1. The molecule has 0 aliphatic carbocycles. The van der Waals surface area contributed by atoms with Gasteiger partial charge in [-0.2, -0.15) is 0 Å². The zero-order chi connectivity index (χ0) is 15.5. The fourth-order valence-corrected chi connectivity index (χ4v) is 2.58. The van der Waals surface area contributed by atoms with E-state index in [1.54, 1.807) is 0 Å². The molecule has 1 aliphatic heterocycles. The van der Waals surface area contributed by atoms with E-state index >= 15 is 0 Å². The van der Waals surface area contributed by atoms with E-state index in [1.807, 2.05) is 18.2 Å². The van der Waals surface area contributed by atoms with Gasteiger partial charge in [-0.25, -0.2) is 0 Å². The molecule has 0 atom stereocenters. The van der Waals surface area contributed by atoms with Gasteiger partial charge >= 0.3 is 0 Å². The monoisotopic (exact) mass is 289 g/mol. The smallest absolute Gasteiger partial charge is 0.224 e. The number of benzene rings is 1. The van der Waals surface area contributed by atoms with Gasteiger partial charge in [-0.05, 0) is 24.6 Å². The van der Waals surface area contributed by atoms with Gasteiger partial charge in [-0.15, -0.1) is 0 Å². The Kier molecular flexibility index (Phi) is 4.88. The Bertz CT molecular complexity index is 485. The van der Waals surface area contributed by atoms with E-state index in [1.165, 1.54) is 0 Å².